The molecule has 1 nitrogen and oxygen atoms in total. The third kappa shape index (κ3) is 4.54. The third-order valence-electron chi connectivity index (χ3n) is 2.36. The first-order valence-electron chi connectivity index (χ1n) is 5.30. The van der Waals surface area contributed by atoms with Crippen LogP contribution in [0.25, 0.3) is 0 Å². The summed E-state index contributed by atoms with van der Waals surface area (Å²) >= 11 is 9.35. The van der Waals surface area contributed by atoms with Gasteiger partial charge in [0.2, 0.25) is 0 Å². The smallest absolute Gasteiger partial charge is 0.0548 e. The fraction of sp³-hybridized carbons (Fsp3) is 0.500. The second-order valence-corrected chi connectivity index (χ2v) is 5.08. The van der Waals surface area contributed by atoms with E-state index in [0.717, 1.165) is 16.0 Å². The van der Waals surface area contributed by atoms with Crippen molar-refractivity contribution in [1.29, 1.82) is 0 Å². The third-order valence-corrected chi connectivity index (χ3v) is 3.57. The number of hydrogen-bond acceptors (Lipinski definition) is 1. The quantitative estimate of drug-likeness (QED) is 0.848. The molecule has 1 rings (SSSR count). The number of benzene rings is 1. The van der Waals surface area contributed by atoms with Crippen molar-refractivity contribution in [2.24, 2.45) is 0 Å². The standard InChI is InChI=1S/C12H17BrClN/c1-3-4-9(2)15-8-10-5-6-12(14)11(13)7-10/h5-7,9,15H,3-4,8H2,1-2H3. The topological polar surface area (TPSA) is 12.0 Å². The van der Waals surface area contributed by atoms with Crippen molar-refractivity contribution < 1.29 is 0 Å². The van der Waals surface area contributed by atoms with Gasteiger partial charge in [0.05, 0.1) is 5.02 Å². The SMILES string of the molecule is CCCC(C)NCc1ccc(Cl)c(Br)c1. The molecule has 0 heterocycles. The first kappa shape index (κ1) is 13.0. The van der Waals surface area contributed by atoms with Crippen LogP contribution in [0.5, 0.6) is 0 Å². The van der Waals surface area contributed by atoms with Crippen molar-refractivity contribution >= 4 is 27.5 Å². The first-order valence-corrected chi connectivity index (χ1v) is 6.48. The van der Waals surface area contributed by atoms with Gasteiger partial charge in [-0.25, -0.2) is 0 Å². The molecule has 15 heavy (non-hydrogen) atoms. The Bertz CT molecular complexity index is 314. The van der Waals surface area contributed by atoms with E-state index in [2.05, 4.69) is 47.2 Å². The minimum atomic E-state index is 0.574. The van der Waals surface area contributed by atoms with Crippen LogP contribution >= 0.6 is 27.5 Å². The molecule has 0 aliphatic carbocycles. The van der Waals surface area contributed by atoms with Gasteiger partial charge in [-0.05, 0) is 47.0 Å². The highest BCUT2D eigenvalue weighted by Crippen LogP contribution is 2.23. The zero-order chi connectivity index (χ0) is 11.3. The summed E-state index contributed by atoms with van der Waals surface area (Å²) in [6.45, 7) is 5.32. The van der Waals surface area contributed by atoms with Gasteiger partial charge in [0.15, 0.2) is 0 Å². The summed E-state index contributed by atoms with van der Waals surface area (Å²) in [5.74, 6) is 0. The molecule has 1 aromatic carbocycles. The van der Waals surface area contributed by atoms with Crippen LogP contribution in [0.2, 0.25) is 5.02 Å². The Morgan fingerprint density at radius 1 is 1.47 bits per heavy atom. The molecule has 0 spiro atoms. The van der Waals surface area contributed by atoms with E-state index in [1.54, 1.807) is 0 Å². The van der Waals surface area contributed by atoms with Gasteiger partial charge in [0, 0.05) is 17.1 Å². The molecule has 0 amide bonds. The van der Waals surface area contributed by atoms with Gasteiger partial charge in [-0.2, -0.15) is 0 Å². The molecule has 1 N–H and O–H groups in total. The predicted molar refractivity (Wildman–Crippen MR) is 70.4 cm³/mol. The fourth-order valence-electron chi connectivity index (χ4n) is 1.48. The maximum Gasteiger partial charge on any atom is 0.0548 e. The lowest BCUT2D eigenvalue weighted by atomic mass is 10.1. The molecule has 84 valence electrons. The van der Waals surface area contributed by atoms with E-state index in [-0.39, 0.29) is 0 Å². The molecular formula is C12H17BrClN. The van der Waals surface area contributed by atoms with Crippen LogP contribution < -0.4 is 5.32 Å². The Kier molecular flexibility index (Phi) is 5.65. The van der Waals surface area contributed by atoms with Crippen LogP contribution in [0.3, 0.4) is 0 Å². The van der Waals surface area contributed by atoms with Crippen LogP contribution in [-0.4, -0.2) is 6.04 Å². The van der Waals surface area contributed by atoms with E-state index >= 15 is 0 Å². The summed E-state index contributed by atoms with van der Waals surface area (Å²) < 4.78 is 0.964. The molecule has 1 atom stereocenters. The number of halogens is 2. The molecular weight excluding hydrogens is 273 g/mol. The predicted octanol–water partition coefficient (Wildman–Crippen LogP) is 4.38. The zero-order valence-electron chi connectivity index (χ0n) is 9.19. The Hall–Kier alpha value is -0.0500. The molecule has 0 radical (unpaired) electrons. The van der Waals surface area contributed by atoms with E-state index < -0.39 is 0 Å². The average Bonchev–Trinajstić information content (AvgIpc) is 2.20. The van der Waals surface area contributed by atoms with Crippen molar-refractivity contribution in [3.63, 3.8) is 0 Å². The number of rotatable bonds is 5. The second kappa shape index (κ2) is 6.51. The maximum absolute atomic E-state index is 5.93. The molecule has 3 heteroatoms. The average molecular weight is 291 g/mol. The van der Waals surface area contributed by atoms with E-state index in [1.165, 1.54) is 18.4 Å². The van der Waals surface area contributed by atoms with Gasteiger partial charge in [-0.15, -0.1) is 0 Å². The van der Waals surface area contributed by atoms with Crippen LogP contribution in [0.4, 0.5) is 0 Å². The van der Waals surface area contributed by atoms with Crippen molar-refractivity contribution in [2.75, 3.05) is 0 Å². The molecule has 1 aromatic rings. The van der Waals surface area contributed by atoms with Gasteiger partial charge in [0.25, 0.3) is 0 Å². The van der Waals surface area contributed by atoms with Crippen molar-refractivity contribution in [3.8, 4) is 0 Å². The van der Waals surface area contributed by atoms with Crippen molar-refractivity contribution in [2.45, 2.75) is 39.3 Å². The summed E-state index contributed by atoms with van der Waals surface area (Å²) in [5.41, 5.74) is 1.26. The highest BCUT2D eigenvalue weighted by atomic mass is 79.9. The van der Waals surface area contributed by atoms with E-state index in [0.29, 0.717) is 6.04 Å². The van der Waals surface area contributed by atoms with Gasteiger partial charge in [0.1, 0.15) is 0 Å². The minimum Gasteiger partial charge on any atom is -0.310 e. The second-order valence-electron chi connectivity index (χ2n) is 3.82. The van der Waals surface area contributed by atoms with Crippen molar-refractivity contribution in [3.05, 3.63) is 33.3 Å². The Labute approximate surface area is 105 Å². The Morgan fingerprint density at radius 2 is 2.20 bits per heavy atom. The van der Waals surface area contributed by atoms with Crippen molar-refractivity contribution in [1.82, 2.24) is 5.32 Å². The maximum atomic E-state index is 5.93. The lowest BCUT2D eigenvalue weighted by Crippen LogP contribution is -2.25. The van der Waals surface area contributed by atoms with E-state index in [4.69, 9.17) is 11.6 Å². The fourth-order valence-corrected chi connectivity index (χ4v) is 2.02. The first-order chi connectivity index (χ1) is 7.13. The molecule has 1 unspecified atom stereocenters. The summed E-state index contributed by atoms with van der Waals surface area (Å²) in [4.78, 5) is 0. The van der Waals surface area contributed by atoms with Crippen LogP contribution in [0.1, 0.15) is 32.3 Å². The molecule has 0 saturated heterocycles. The Balaban J connectivity index is 2.47. The van der Waals surface area contributed by atoms with Gasteiger partial charge < -0.3 is 5.32 Å². The van der Waals surface area contributed by atoms with Crippen LogP contribution in [-0.2, 0) is 6.54 Å². The van der Waals surface area contributed by atoms with E-state index in [1.807, 2.05) is 6.07 Å². The minimum absolute atomic E-state index is 0.574. The van der Waals surface area contributed by atoms with E-state index in [9.17, 15) is 0 Å². The molecule has 0 fully saturated rings. The van der Waals surface area contributed by atoms with Gasteiger partial charge >= 0.3 is 0 Å². The lowest BCUT2D eigenvalue weighted by molar-refractivity contribution is 0.508. The number of hydrogen-bond donors (Lipinski definition) is 1. The highest BCUT2D eigenvalue weighted by Gasteiger charge is 2.02. The monoisotopic (exact) mass is 289 g/mol. The molecule has 0 bridgehead atoms. The zero-order valence-corrected chi connectivity index (χ0v) is 11.5. The molecule has 0 aliphatic heterocycles. The molecule has 0 aromatic heterocycles. The van der Waals surface area contributed by atoms with Crippen LogP contribution in [0, 0.1) is 0 Å². The molecule has 0 saturated carbocycles. The Morgan fingerprint density at radius 3 is 2.80 bits per heavy atom. The lowest BCUT2D eigenvalue weighted by Gasteiger charge is -2.12. The summed E-state index contributed by atoms with van der Waals surface area (Å²) in [7, 11) is 0. The van der Waals surface area contributed by atoms with Crippen LogP contribution in [0.15, 0.2) is 22.7 Å². The highest BCUT2D eigenvalue weighted by molar-refractivity contribution is 9.10. The van der Waals surface area contributed by atoms with Gasteiger partial charge in [-0.1, -0.05) is 31.0 Å². The normalized spacial score (nSPS) is 12.8. The van der Waals surface area contributed by atoms with Gasteiger partial charge in [-0.3, -0.25) is 0 Å². The summed E-state index contributed by atoms with van der Waals surface area (Å²) in [6.07, 6.45) is 2.44. The summed E-state index contributed by atoms with van der Waals surface area (Å²) in [6, 6.07) is 6.62. The molecule has 0 aliphatic rings. The summed E-state index contributed by atoms with van der Waals surface area (Å²) in [5, 5.41) is 4.25. The largest absolute Gasteiger partial charge is 0.310 e. The number of nitrogens with one attached hydrogen (secondary N) is 1.